The van der Waals surface area contributed by atoms with Crippen molar-refractivity contribution in [2.45, 2.75) is 25.0 Å². The third-order valence-electron chi connectivity index (χ3n) is 4.01. The van der Waals surface area contributed by atoms with Crippen molar-refractivity contribution in [3.05, 3.63) is 52.5 Å². The Morgan fingerprint density at radius 2 is 1.93 bits per heavy atom. The molecule has 2 rings (SSSR count). The number of benzene rings is 1. The first-order valence-electron chi connectivity index (χ1n) is 7.92. The van der Waals surface area contributed by atoms with Crippen molar-refractivity contribution in [1.29, 1.82) is 0 Å². The van der Waals surface area contributed by atoms with Crippen LogP contribution in [0.1, 0.15) is 27.7 Å². The van der Waals surface area contributed by atoms with E-state index in [4.69, 9.17) is 9.94 Å². The van der Waals surface area contributed by atoms with Crippen LogP contribution in [0, 0.1) is 11.8 Å². The molecule has 1 unspecified atom stereocenters. The van der Waals surface area contributed by atoms with Gasteiger partial charge in [-0.3, -0.25) is 14.8 Å². The lowest BCUT2D eigenvalue weighted by molar-refractivity contribution is -0.157. The highest BCUT2D eigenvalue weighted by molar-refractivity contribution is 7.06. The van der Waals surface area contributed by atoms with Gasteiger partial charge in [-0.2, -0.15) is 4.37 Å². The Morgan fingerprint density at radius 3 is 2.43 bits per heavy atom. The maximum Gasteiger partial charge on any atom is 0.269 e. The van der Waals surface area contributed by atoms with E-state index in [-0.39, 0.29) is 5.56 Å². The lowest BCUT2D eigenvalue weighted by atomic mass is 9.95. The number of hydrogen-bond acceptors (Lipinski definition) is 6. The molecule has 0 aliphatic rings. The van der Waals surface area contributed by atoms with Crippen molar-refractivity contribution in [2.75, 3.05) is 7.11 Å². The molecule has 0 fully saturated rings. The lowest BCUT2D eigenvalue weighted by Crippen LogP contribution is -2.62. The molecule has 1 heterocycles. The number of hydrogen-bond donors (Lipinski definition) is 3. The topological polar surface area (TPSA) is 101 Å². The number of ether oxygens (including phenoxy) is 1. The number of nitrogens with zero attached hydrogens (tertiary/aromatic N) is 1. The first-order valence-corrected chi connectivity index (χ1v) is 8.70. The van der Waals surface area contributed by atoms with Gasteiger partial charge in [0, 0.05) is 24.4 Å². The Bertz CT molecular complexity index is 878. The van der Waals surface area contributed by atoms with Crippen LogP contribution in [0.3, 0.4) is 0 Å². The van der Waals surface area contributed by atoms with Gasteiger partial charge in [0.25, 0.3) is 18.2 Å². The highest BCUT2D eigenvalue weighted by Gasteiger charge is 2.48. The van der Waals surface area contributed by atoms with Gasteiger partial charge in [-0.1, -0.05) is 5.92 Å². The molecule has 0 bridgehead atoms. The van der Waals surface area contributed by atoms with E-state index in [9.17, 15) is 18.4 Å². The maximum atomic E-state index is 13.4. The van der Waals surface area contributed by atoms with Gasteiger partial charge in [-0.25, -0.2) is 14.3 Å². The number of rotatable bonds is 6. The molecular weight excluding hydrogens is 392 g/mol. The number of halogens is 2. The SMILES string of the molecule is COC(C)(C(F)F)[C@H](NC(=O)c1ccc(C#Cc2ccns2)cc1)C(=O)NO. The van der Waals surface area contributed by atoms with Crippen molar-refractivity contribution < 1.29 is 28.3 Å². The van der Waals surface area contributed by atoms with Crippen LogP contribution in [-0.2, 0) is 9.53 Å². The average molecular weight is 409 g/mol. The van der Waals surface area contributed by atoms with Crippen LogP contribution in [0.25, 0.3) is 0 Å². The predicted molar refractivity (Wildman–Crippen MR) is 97.1 cm³/mol. The molecule has 0 aliphatic heterocycles. The van der Waals surface area contributed by atoms with Crippen LogP contribution in [0.5, 0.6) is 0 Å². The summed E-state index contributed by atoms with van der Waals surface area (Å²) in [7, 11) is 0.979. The van der Waals surface area contributed by atoms with E-state index in [1.807, 2.05) is 0 Å². The van der Waals surface area contributed by atoms with Gasteiger partial charge < -0.3 is 10.1 Å². The van der Waals surface area contributed by atoms with Gasteiger partial charge in [0.05, 0.1) is 4.88 Å². The smallest absolute Gasteiger partial charge is 0.269 e. The van der Waals surface area contributed by atoms with E-state index in [0.717, 1.165) is 18.9 Å². The fourth-order valence-corrected chi connectivity index (χ4v) is 2.65. The van der Waals surface area contributed by atoms with Crippen molar-refractivity contribution in [2.24, 2.45) is 0 Å². The molecule has 0 saturated heterocycles. The molecule has 2 amide bonds. The second-order valence-electron chi connectivity index (χ2n) is 5.78. The Hall–Kier alpha value is -2.87. The highest BCUT2D eigenvalue weighted by Crippen LogP contribution is 2.24. The largest absolute Gasteiger partial charge is 0.370 e. The summed E-state index contributed by atoms with van der Waals surface area (Å²) in [6, 6.07) is 5.96. The number of hydroxylamine groups is 1. The third-order valence-corrected chi connectivity index (χ3v) is 4.67. The normalized spacial score (nSPS) is 13.8. The van der Waals surface area contributed by atoms with Gasteiger partial charge in [-0.15, -0.1) is 0 Å². The molecule has 2 atom stereocenters. The molecule has 0 saturated carbocycles. The first-order chi connectivity index (χ1) is 13.3. The number of carbonyl (C=O) groups is 2. The monoisotopic (exact) mass is 409 g/mol. The summed E-state index contributed by atoms with van der Waals surface area (Å²) in [5, 5.41) is 11.0. The van der Waals surface area contributed by atoms with Gasteiger partial charge in [0.1, 0.15) is 6.04 Å². The molecule has 2 aromatic rings. The molecule has 0 aliphatic carbocycles. The first kappa shape index (κ1) is 21.4. The lowest BCUT2D eigenvalue weighted by Gasteiger charge is -2.34. The summed E-state index contributed by atoms with van der Waals surface area (Å²) < 4.78 is 35.4. The van der Waals surface area contributed by atoms with Crippen molar-refractivity contribution in [3.8, 4) is 11.8 Å². The number of amides is 2. The van der Waals surface area contributed by atoms with Crippen molar-refractivity contribution >= 4 is 23.3 Å². The molecule has 7 nitrogen and oxygen atoms in total. The zero-order chi connectivity index (χ0) is 20.7. The minimum Gasteiger partial charge on any atom is -0.370 e. The van der Waals surface area contributed by atoms with E-state index in [0.29, 0.717) is 5.56 Å². The van der Waals surface area contributed by atoms with E-state index in [1.165, 1.54) is 29.1 Å². The summed E-state index contributed by atoms with van der Waals surface area (Å²) in [6.07, 6.45) is -1.47. The van der Waals surface area contributed by atoms with Crippen LogP contribution in [0.2, 0.25) is 0 Å². The van der Waals surface area contributed by atoms with Gasteiger partial charge in [0.2, 0.25) is 0 Å². The minimum atomic E-state index is -3.11. The molecular formula is C18H17F2N3O4S. The van der Waals surface area contributed by atoms with Crippen LogP contribution >= 0.6 is 11.5 Å². The summed E-state index contributed by atoms with van der Waals surface area (Å²) in [6.45, 7) is 0.954. The Kier molecular flexibility index (Phi) is 7.17. The molecule has 3 N–H and O–H groups in total. The van der Waals surface area contributed by atoms with E-state index >= 15 is 0 Å². The maximum absolute atomic E-state index is 13.4. The number of alkyl halides is 2. The fraction of sp³-hybridized carbons (Fsp3) is 0.278. The summed E-state index contributed by atoms with van der Waals surface area (Å²) in [4.78, 5) is 25.0. The van der Waals surface area contributed by atoms with Crippen LogP contribution in [0.15, 0.2) is 36.5 Å². The van der Waals surface area contributed by atoms with Gasteiger partial charge in [-0.05, 0) is 54.7 Å². The van der Waals surface area contributed by atoms with Crippen molar-refractivity contribution in [3.63, 3.8) is 0 Å². The quantitative estimate of drug-likeness (QED) is 0.384. The van der Waals surface area contributed by atoms with Crippen LogP contribution in [0.4, 0.5) is 8.78 Å². The van der Waals surface area contributed by atoms with Crippen LogP contribution < -0.4 is 10.8 Å². The zero-order valence-corrected chi connectivity index (χ0v) is 15.7. The number of aromatic nitrogens is 1. The number of carbonyl (C=O) groups excluding carboxylic acids is 2. The predicted octanol–water partition coefficient (Wildman–Crippen LogP) is 1.82. The van der Waals surface area contributed by atoms with Crippen molar-refractivity contribution in [1.82, 2.24) is 15.2 Å². The Labute approximate surface area is 163 Å². The fourth-order valence-electron chi connectivity index (χ4n) is 2.20. The molecule has 1 aromatic carbocycles. The molecule has 148 valence electrons. The molecule has 0 radical (unpaired) electrons. The van der Waals surface area contributed by atoms with E-state index < -0.39 is 29.9 Å². The standard InChI is InChI=1S/C18H17F2N3O4S/c1-18(27-2,17(19)20)14(16(25)23-26)22-15(24)12-6-3-11(4-7-12)5-8-13-9-10-21-28-13/h3-4,6-7,9-10,14,17,26H,1-2H3,(H,22,24)(H,23,25)/t14-,18?/m1/s1. The number of methoxy groups -OCH3 is 1. The third kappa shape index (κ3) is 4.89. The highest BCUT2D eigenvalue weighted by atomic mass is 32.1. The zero-order valence-electron chi connectivity index (χ0n) is 14.9. The average Bonchev–Trinajstić information content (AvgIpc) is 3.23. The Balaban J connectivity index is 2.18. The van der Waals surface area contributed by atoms with E-state index in [2.05, 4.69) is 21.5 Å². The second kappa shape index (κ2) is 9.36. The van der Waals surface area contributed by atoms with Gasteiger partial charge in [0.15, 0.2) is 5.60 Å². The second-order valence-corrected chi connectivity index (χ2v) is 6.61. The molecule has 28 heavy (non-hydrogen) atoms. The van der Waals surface area contributed by atoms with Gasteiger partial charge >= 0.3 is 0 Å². The molecule has 10 heteroatoms. The minimum absolute atomic E-state index is 0.117. The summed E-state index contributed by atoms with van der Waals surface area (Å²) in [5.74, 6) is 3.79. The van der Waals surface area contributed by atoms with Crippen LogP contribution in [-0.4, -0.2) is 46.6 Å². The summed E-state index contributed by atoms with van der Waals surface area (Å²) >= 11 is 1.25. The van der Waals surface area contributed by atoms with E-state index in [1.54, 1.807) is 24.4 Å². The number of nitrogens with one attached hydrogen (secondary N) is 2. The Morgan fingerprint density at radius 1 is 1.25 bits per heavy atom. The molecule has 1 aromatic heterocycles. The summed E-state index contributed by atoms with van der Waals surface area (Å²) in [5.41, 5.74) is -0.332. The molecule has 0 spiro atoms.